The van der Waals surface area contributed by atoms with Gasteiger partial charge in [-0.1, -0.05) is 33.8 Å². The first-order valence-corrected chi connectivity index (χ1v) is 15.2. The van der Waals surface area contributed by atoms with Gasteiger partial charge < -0.3 is 35.1 Å². The highest BCUT2D eigenvalue weighted by Gasteiger charge is 2.42. The second-order valence-electron chi connectivity index (χ2n) is 12.8. The van der Waals surface area contributed by atoms with Crippen molar-refractivity contribution in [3.63, 3.8) is 0 Å². The van der Waals surface area contributed by atoms with E-state index >= 15 is 0 Å². The maximum absolute atomic E-state index is 13.3. The molecule has 1 saturated heterocycles. The van der Waals surface area contributed by atoms with Gasteiger partial charge in [0.2, 0.25) is 11.8 Å². The molecule has 244 valence electrons. The summed E-state index contributed by atoms with van der Waals surface area (Å²) in [6.45, 7) is 12.7. The number of rotatable bonds is 18. The average Bonchev–Trinajstić information content (AvgIpc) is 3.34. The fraction of sp³-hybridized carbons (Fsp3) is 0.719. The van der Waals surface area contributed by atoms with Crippen molar-refractivity contribution < 1.29 is 38.4 Å². The molecular formula is C32H53N3O8. The maximum atomic E-state index is 13.3. The highest BCUT2D eigenvalue weighted by atomic mass is 16.5. The van der Waals surface area contributed by atoms with Crippen LogP contribution in [0.2, 0.25) is 0 Å². The summed E-state index contributed by atoms with van der Waals surface area (Å²) in [5.74, 6) is 0.561. The van der Waals surface area contributed by atoms with E-state index in [1.165, 1.54) is 4.90 Å². The molecule has 2 rings (SSSR count). The summed E-state index contributed by atoms with van der Waals surface area (Å²) in [6, 6.07) is 5.49. The van der Waals surface area contributed by atoms with Crippen LogP contribution in [0.25, 0.3) is 0 Å². The second kappa shape index (κ2) is 16.7. The molecule has 11 heteroatoms. The highest BCUT2D eigenvalue weighted by molar-refractivity contribution is 5.83. The lowest BCUT2D eigenvalue weighted by Gasteiger charge is -2.32. The SMILES string of the molecule is COCCCOc1cc(C[C@@H](CC2C(C[C@H](C(=O)NCC(C)(C)C(N)=O)C(C)C)OCN2C(=O)O)C(C)C)ccc1OC. The Hall–Kier alpha value is -3.05. The van der Waals surface area contributed by atoms with Crippen LogP contribution in [0.15, 0.2) is 18.2 Å². The number of nitrogens with zero attached hydrogens (tertiary/aromatic N) is 1. The third-order valence-corrected chi connectivity index (χ3v) is 8.47. The number of carbonyl (C=O) groups excluding carboxylic acids is 2. The van der Waals surface area contributed by atoms with Crippen molar-refractivity contribution in [3.05, 3.63) is 23.8 Å². The number of carbonyl (C=O) groups is 3. The zero-order valence-electron chi connectivity index (χ0n) is 27.2. The predicted octanol–water partition coefficient (Wildman–Crippen LogP) is 4.31. The summed E-state index contributed by atoms with van der Waals surface area (Å²) in [5, 5.41) is 12.9. The molecule has 3 amide bonds. The zero-order chi connectivity index (χ0) is 32.3. The van der Waals surface area contributed by atoms with Gasteiger partial charge in [-0.05, 0) is 68.6 Å². The second-order valence-corrected chi connectivity index (χ2v) is 12.8. The van der Waals surface area contributed by atoms with Gasteiger partial charge in [-0.3, -0.25) is 14.5 Å². The number of nitrogens with one attached hydrogen (secondary N) is 1. The molecule has 2 unspecified atom stereocenters. The lowest BCUT2D eigenvalue weighted by Crippen LogP contribution is -2.46. The van der Waals surface area contributed by atoms with Crippen LogP contribution in [-0.2, 0) is 25.5 Å². The van der Waals surface area contributed by atoms with Crippen LogP contribution >= 0.6 is 0 Å². The Morgan fingerprint density at radius 1 is 1.09 bits per heavy atom. The first-order valence-electron chi connectivity index (χ1n) is 15.2. The van der Waals surface area contributed by atoms with Crippen molar-refractivity contribution in [2.24, 2.45) is 34.8 Å². The fourth-order valence-electron chi connectivity index (χ4n) is 5.29. The van der Waals surface area contributed by atoms with Crippen LogP contribution in [0.4, 0.5) is 4.79 Å². The number of methoxy groups -OCH3 is 2. The molecule has 1 fully saturated rings. The van der Waals surface area contributed by atoms with Crippen molar-refractivity contribution >= 4 is 17.9 Å². The summed E-state index contributed by atoms with van der Waals surface area (Å²) in [5.41, 5.74) is 5.66. The van der Waals surface area contributed by atoms with Crippen LogP contribution in [0, 0.1) is 29.1 Å². The van der Waals surface area contributed by atoms with E-state index in [4.69, 9.17) is 24.7 Å². The Morgan fingerprint density at radius 3 is 2.35 bits per heavy atom. The quantitative estimate of drug-likeness (QED) is 0.209. The van der Waals surface area contributed by atoms with Gasteiger partial charge >= 0.3 is 6.09 Å². The normalized spacial score (nSPS) is 18.5. The van der Waals surface area contributed by atoms with Crippen molar-refractivity contribution in [1.82, 2.24) is 10.2 Å². The number of ether oxygens (including phenoxy) is 4. The fourth-order valence-corrected chi connectivity index (χ4v) is 5.29. The molecule has 1 aromatic carbocycles. The number of hydrogen-bond acceptors (Lipinski definition) is 7. The third-order valence-electron chi connectivity index (χ3n) is 8.47. The number of hydrogen-bond donors (Lipinski definition) is 3. The Labute approximate surface area is 256 Å². The lowest BCUT2D eigenvalue weighted by molar-refractivity contribution is -0.130. The molecule has 43 heavy (non-hydrogen) atoms. The van der Waals surface area contributed by atoms with Gasteiger partial charge in [-0.15, -0.1) is 0 Å². The van der Waals surface area contributed by atoms with E-state index in [1.807, 2.05) is 32.0 Å². The Bertz CT molecular complexity index is 1060. The maximum Gasteiger partial charge on any atom is 0.409 e. The number of nitrogens with two attached hydrogens (primary N) is 1. The van der Waals surface area contributed by atoms with E-state index in [0.29, 0.717) is 44.0 Å². The molecule has 0 bridgehead atoms. The van der Waals surface area contributed by atoms with Crippen LogP contribution in [0.5, 0.6) is 11.5 Å². The first-order chi connectivity index (χ1) is 20.2. The summed E-state index contributed by atoms with van der Waals surface area (Å²) in [4.78, 5) is 38.6. The minimum absolute atomic E-state index is 0.0256. The first kappa shape index (κ1) is 36.1. The summed E-state index contributed by atoms with van der Waals surface area (Å²) in [7, 11) is 3.27. The minimum Gasteiger partial charge on any atom is -0.493 e. The Morgan fingerprint density at radius 2 is 1.79 bits per heavy atom. The molecule has 4 atom stereocenters. The molecular weight excluding hydrogens is 554 g/mol. The van der Waals surface area contributed by atoms with Crippen molar-refractivity contribution in [1.29, 1.82) is 0 Å². The molecule has 1 heterocycles. The van der Waals surface area contributed by atoms with Crippen molar-refractivity contribution in [2.75, 3.05) is 40.7 Å². The molecule has 1 aliphatic heterocycles. The monoisotopic (exact) mass is 607 g/mol. The van der Waals surface area contributed by atoms with E-state index in [0.717, 1.165) is 12.0 Å². The average molecular weight is 608 g/mol. The van der Waals surface area contributed by atoms with Crippen LogP contribution in [0.3, 0.4) is 0 Å². The van der Waals surface area contributed by atoms with Gasteiger partial charge in [0, 0.05) is 32.6 Å². The van der Waals surface area contributed by atoms with E-state index < -0.39 is 35.5 Å². The van der Waals surface area contributed by atoms with Crippen molar-refractivity contribution in [2.45, 2.75) is 79.4 Å². The highest BCUT2D eigenvalue weighted by Crippen LogP contribution is 2.35. The van der Waals surface area contributed by atoms with Crippen LogP contribution in [-0.4, -0.2) is 80.8 Å². The van der Waals surface area contributed by atoms with Crippen LogP contribution in [0.1, 0.15) is 66.4 Å². The standard InChI is InChI=1S/C32H53N3O8/c1-20(2)23(14-22-10-11-26(41-8)28(15-22)42-13-9-12-40-7)16-25-27(43-19-35(25)31(38)39)17-24(21(3)4)29(36)34-18-32(5,6)30(33)37/h10-11,15,20-21,23-25,27H,9,12-14,16-19H2,1-8H3,(H2,33,37)(H,34,36)(H,38,39)/t23-,24-,25?,27?/m0/s1. The molecule has 1 aromatic rings. The van der Waals surface area contributed by atoms with Gasteiger partial charge in [0.25, 0.3) is 0 Å². The lowest BCUT2D eigenvalue weighted by atomic mass is 9.80. The summed E-state index contributed by atoms with van der Waals surface area (Å²) >= 11 is 0. The van der Waals surface area contributed by atoms with Gasteiger partial charge in [-0.25, -0.2) is 4.79 Å². The number of amides is 3. The molecule has 11 nitrogen and oxygen atoms in total. The number of primary amides is 1. The van der Waals surface area contributed by atoms with Gasteiger partial charge in [-0.2, -0.15) is 0 Å². The molecule has 4 N–H and O–H groups in total. The van der Waals surface area contributed by atoms with Crippen molar-refractivity contribution in [3.8, 4) is 11.5 Å². The van der Waals surface area contributed by atoms with E-state index in [-0.39, 0.29) is 36.9 Å². The number of benzene rings is 1. The molecule has 0 aliphatic carbocycles. The summed E-state index contributed by atoms with van der Waals surface area (Å²) in [6.07, 6.45) is 0.914. The van der Waals surface area contributed by atoms with Gasteiger partial charge in [0.1, 0.15) is 6.73 Å². The zero-order valence-corrected chi connectivity index (χ0v) is 27.2. The largest absolute Gasteiger partial charge is 0.493 e. The number of carboxylic acid groups (broad SMARTS) is 1. The Kier molecular flexibility index (Phi) is 14.0. The predicted molar refractivity (Wildman–Crippen MR) is 164 cm³/mol. The smallest absolute Gasteiger partial charge is 0.409 e. The summed E-state index contributed by atoms with van der Waals surface area (Å²) < 4.78 is 22.6. The van der Waals surface area contributed by atoms with E-state index in [2.05, 4.69) is 19.2 Å². The molecule has 0 radical (unpaired) electrons. The van der Waals surface area contributed by atoms with Crippen LogP contribution < -0.4 is 20.5 Å². The molecule has 0 spiro atoms. The minimum atomic E-state index is -1.04. The molecule has 0 saturated carbocycles. The third kappa shape index (κ3) is 10.6. The van der Waals surface area contributed by atoms with Gasteiger partial charge in [0.05, 0.1) is 31.3 Å². The topological polar surface area (TPSA) is 150 Å². The Balaban J connectivity index is 2.23. The molecule has 1 aliphatic rings. The molecule has 0 aromatic heterocycles. The van der Waals surface area contributed by atoms with E-state index in [9.17, 15) is 19.5 Å². The van der Waals surface area contributed by atoms with Gasteiger partial charge in [0.15, 0.2) is 11.5 Å². The van der Waals surface area contributed by atoms with E-state index in [1.54, 1.807) is 28.1 Å².